The molecule has 1 N–H and O–H groups in total. The van der Waals surface area contributed by atoms with Gasteiger partial charge in [0.2, 0.25) is 0 Å². The van der Waals surface area contributed by atoms with Gasteiger partial charge in [0.05, 0.1) is 19.3 Å². The van der Waals surface area contributed by atoms with Crippen LogP contribution in [0.4, 0.5) is 0 Å². The van der Waals surface area contributed by atoms with Gasteiger partial charge >= 0.3 is 0 Å². The van der Waals surface area contributed by atoms with Crippen LogP contribution in [0.25, 0.3) is 0 Å². The summed E-state index contributed by atoms with van der Waals surface area (Å²) >= 11 is 5.85. The van der Waals surface area contributed by atoms with Crippen LogP contribution < -0.4 is 0 Å². The molecule has 1 atom stereocenters. The molecule has 0 aliphatic carbocycles. The first-order valence-corrected chi connectivity index (χ1v) is 6.72. The third kappa shape index (κ3) is 2.81. The Kier molecular flexibility index (Phi) is 3.56. The van der Waals surface area contributed by atoms with E-state index in [9.17, 15) is 5.11 Å². The molecule has 0 fully saturated rings. The first-order chi connectivity index (χ1) is 9.22. The lowest BCUT2D eigenvalue weighted by Gasteiger charge is -2.12. The van der Waals surface area contributed by atoms with Crippen LogP contribution in [0.15, 0.2) is 42.5 Å². The summed E-state index contributed by atoms with van der Waals surface area (Å²) in [5.74, 6) is 0. The van der Waals surface area contributed by atoms with E-state index in [2.05, 4.69) is 0 Å². The van der Waals surface area contributed by atoms with Gasteiger partial charge in [0, 0.05) is 11.4 Å². The van der Waals surface area contributed by atoms with Crippen molar-refractivity contribution in [3.63, 3.8) is 0 Å². The molecule has 1 aliphatic rings. The summed E-state index contributed by atoms with van der Waals surface area (Å²) in [4.78, 5) is 0. The van der Waals surface area contributed by atoms with E-state index in [-0.39, 0.29) is 0 Å². The first kappa shape index (κ1) is 12.7. The quantitative estimate of drug-likeness (QED) is 0.926. The van der Waals surface area contributed by atoms with E-state index in [4.69, 9.17) is 16.3 Å². The summed E-state index contributed by atoms with van der Waals surface area (Å²) in [5, 5.41) is 11.0. The van der Waals surface area contributed by atoms with Gasteiger partial charge < -0.3 is 9.84 Å². The Balaban J connectivity index is 1.76. The molecule has 1 heterocycles. The smallest absolute Gasteiger partial charge is 0.0830 e. The van der Waals surface area contributed by atoms with Crippen molar-refractivity contribution in [2.24, 2.45) is 0 Å². The zero-order valence-corrected chi connectivity index (χ0v) is 11.2. The number of hydrogen-bond donors (Lipinski definition) is 1. The van der Waals surface area contributed by atoms with Gasteiger partial charge in [0.25, 0.3) is 0 Å². The summed E-state index contributed by atoms with van der Waals surface area (Å²) in [6.45, 7) is 1.33. The molecule has 2 nitrogen and oxygen atoms in total. The summed E-state index contributed by atoms with van der Waals surface area (Å²) in [6.07, 6.45) is 0.101. The minimum Gasteiger partial charge on any atom is -0.388 e. The second kappa shape index (κ2) is 5.33. The molecule has 0 radical (unpaired) electrons. The summed E-state index contributed by atoms with van der Waals surface area (Å²) in [7, 11) is 0. The highest BCUT2D eigenvalue weighted by atomic mass is 35.5. The van der Waals surface area contributed by atoms with Crippen LogP contribution in [0.5, 0.6) is 0 Å². The van der Waals surface area contributed by atoms with Gasteiger partial charge in [0.1, 0.15) is 0 Å². The number of aliphatic hydroxyl groups is 1. The number of ether oxygens (including phenoxy) is 1. The predicted octanol–water partition coefficient (Wildman–Crippen LogP) is 3.65. The average Bonchev–Trinajstić information content (AvgIpc) is 2.88. The van der Waals surface area contributed by atoms with E-state index >= 15 is 0 Å². The second-order valence-electron chi connectivity index (χ2n) is 4.87. The molecule has 3 rings (SSSR count). The van der Waals surface area contributed by atoms with Crippen molar-refractivity contribution in [1.82, 2.24) is 0 Å². The molecular weight excluding hydrogens is 260 g/mol. The maximum atomic E-state index is 10.3. The molecule has 0 amide bonds. The fourth-order valence-corrected chi connectivity index (χ4v) is 2.49. The largest absolute Gasteiger partial charge is 0.388 e. The van der Waals surface area contributed by atoms with Gasteiger partial charge in [-0.05, 0) is 34.4 Å². The standard InChI is InChI=1S/C16H15ClO2/c17-15-5-1-11(2-6-15)7-16(18)12-3-4-13-9-19-10-14(13)8-12/h1-6,8,16,18H,7,9-10H2. The molecule has 1 aliphatic heterocycles. The molecule has 0 spiro atoms. The number of halogens is 1. The van der Waals surface area contributed by atoms with Gasteiger partial charge in [-0.25, -0.2) is 0 Å². The van der Waals surface area contributed by atoms with Crippen molar-refractivity contribution in [3.8, 4) is 0 Å². The normalized spacial score (nSPS) is 15.3. The summed E-state index contributed by atoms with van der Waals surface area (Å²) in [6, 6.07) is 13.7. The van der Waals surface area contributed by atoms with Crippen molar-refractivity contribution in [2.45, 2.75) is 25.7 Å². The topological polar surface area (TPSA) is 29.5 Å². The van der Waals surface area contributed by atoms with E-state index in [1.807, 2.05) is 42.5 Å². The van der Waals surface area contributed by atoms with Crippen LogP contribution >= 0.6 is 11.6 Å². The van der Waals surface area contributed by atoms with Gasteiger partial charge in [-0.3, -0.25) is 0 Å². The van der Waals surface area contributed by atoms with Gasteiger partial charge in [-0.1, -0.05) is 41.9 Å². The van der Waals surface area contributed by atoms with Crippen molar-refractivity contribution >= 4 is 11.6 Å². The zero-order valence-electron chi connectivity index (χ0n) is 10.5. The molecule has 2 aromatic rings. The molecule has 0 aromatic heterocycles. The van der Waals surface area contributed by atoms with Crippen LogP contribution in [0.3, 0.4) is 0 Å². The maximum Gasteiger partial charge on any atom is 0.0830 e. The monoisotopic (exact) mass is 274 g/mol. The third-order valence-electron chi connectivity index (χ3n) is 3.47. The van der Waals surface area contributed by atoms with Crippen molar-refractivity contribution < 1.29 is 9.84 Å². The van der Waals surface area contributed by atoms with Crippen LogP contribution in [0, 0.1) is 0 Å². The molecular formula is C16H15ClO2. The fourth-order valence-electron chi connectivity index (χ4n) is 2.36. The number of fused-ring (bicyclic) bond motifs is 1. The van der Waals surface area contributed by atoms with Crippen LogP contribution in [0.1, 0.15) is 28.4 Å². The maximum absolute atomic E-state index is 10.3. The van der Waals surface area contributed by atoms with E-state index in [1.54, 1.807) is 0 Å². The number of rotatable bonds is 3. The van der Waals surface area contributed by atoms with Crippen LogP contribution in [-0.4, -0.2) is 5.11 Å². The highest BCUT2D eigenvalue weighted by molar-refractivity contribution is 6.30. The second-order valence-corrected chi connectivity index (χ2v) is 5.30. The Hall–Kier alpha value is -1.35. The van der Waals surface area contributed by atoms with Crippen LogP contribution in [0.2, 0.25) is 5.02 Å². The fraction of sp³-hybridized carbons (Fsp3) is 0.250. The average molecular weight is 275 g/mol. The summed E-state index contributed by atoms with van der Waals surface area (Å²) in [5.41, 5.74) is 4.43. The Labute approximate surface area is 117 Å². The van der Waals surface area contributed by atoms with Crippen molar-refractivity contribution in [1.29, 1.82) is 0 Å². The Morgan fingerprint density at radius 3 is 2.58 bits per heavy atom. The SMILES string of the molecule is OC(Cc1ccc(Cl)cc1)c1ccc2c(c1)COC2. The van der Waals surface area contributed by atoms with E-state index < -0.39 is 6.10 Å². The molecule has 0 bridgehead atoms. The van der Waals surface area contributed by atoms with Crippen molar-refractivity contribution in [3.05, 3.63) is 69.7 Å². The van der Waals surface area contributed by atoms with Gasteiger partial charge in [-0.2, -0.15) is 0 Å². The van der Waals surface area contributed by atoms with Crippen molar-refractivity contribution in [2.75, 3.05) is 0 Å². The highest BCUT2D eigenvalue weighted by Crippen LogP contribution is 2.26. The molecule has 3 heteroatoms. The molecule has 1 unspecified atom stereocenters. The van der Waals surface area contributed by atoms with E-state index in [0.29, 0.717) is 24.7 Å². The van der Waals surface area contributed by atoms with Gasteiger partial charge in [-0.15, -0.1) is 0 Å². The Morgan fingerprint density at radius 2 is 1.79 bits per heavy atom. The minimum absolute atomic E-state index is 0.493. The zero-order chi connectivity index (χ0) is 13.2. The molecule has 2 aromatic carbocycles. The number of benzene rings is 2. The molecule has 0 saturated carbocycles. The number of aliphatic hydroxyl groups excluding tert-OH is 1. The third-order valence-corrected chi connectivity index (χ3v) is 3.72. The van der Waals surface area contributed by atoms with Crippen LogP contribution in [-0.2, 0) is 24.4 Å². The molecule has 98 valence electrons. The van der Waals surface area contributed by atoms with Gasteiger partial charge in [0.15, 0.2) is 0 Å². The minimum atomic E-state index is -0.493. The molecule has 0 saturated heterocycles. The Bertz CT molecular complexity index is 578. The molecule has 19 heavy (non-hydrogen) atoms. The lowest BCUT2D eigenvalue weighted by Crippen LogP contribution is -2.02. The van der Waals surface area contributed by atoms with E-state index in [0.717, 1.165) is 11.1 Å². The lowest BCUT2D eigenvalue weighted by molar-refractivity contribution is 0.134. The summed E-state index contributed by atoms with van der Waals surface area (Å²) < 4.78 is 5.38. The highest BCUT2D eigenvalue weighted by Gasteiger charge is 2.15. The van der Waals surface area contributed by atoms with E-state index in [1.165, 1.54) is 11.1 Å². The number of hydrogen-bond acceptors (Lipinski definition) is 2. The predicted molar refractivity (Wildman–Crippen MR) is 75.1 cm³/mol. The first-order valence-electron chi connectivity index (χ1n) is 6.34. The lowest BCUT2D eigenvalue weighted by atomic mass is 9.98. The Morgan fingerprint density at radius 1 is 1.05 bits per heavy atom.